The van der Waals surface area contributed by atoms with Gasteiger partial charge in [0.25, 0.3) is 11.8 Å². The monoisotopic (exact) mass is 686 g/mol. The lowest BCUT2D eigenvalue weighted by molar-refractivity contribution is 0.0964. The number of aliphatic imine (C=N–C) groups is 2. The first-order chi connectivity index (χ1) is 16.5. The Morgan fingerprint density at radius 1 is 0.649 bits per heavy atom. The third-order valence-electron chi connectivity index (χ3n) is 4.10. The van der Waals surface area contributed by atoms with Gasteiger partial charge in [0.1, 0.15) is 0 Å². The molecule has 2 aromatic heterocycles. The Labute approximate surface area is 242 Å². The number of halogens is 4. The van der Waals surface area contributed by atoms with E-state index in [-0.39, 0.29) is 90.8 Å². The van der Waals surface area contributed by atoms with Crippen molar-refractivity contribution in [3.63, 3.8) is 0 Å². The standard InChI is InChI=1S/C17H24Cl2N14O2.2BrH/c18-8-12(22)30-10(20)6(28-8)14(34)32-16(24)26-4-2-1-3-5-27-17(25)33-15(35)7-11(21)31-13(23)9(19)29-7;;/h1-5H2,(H4,20,22,30)(H4,21,23,31)(H3,24,26,32,34)(H3,25,27,33,35);2*1H. The summed E-state index contributed by atoms with van der Waals surface area (Å²) in [4.78, 5) is 47.4. The zero-order valence-electron chi connectivity index (χ0n) is 19.1. The number of hydrogen-bond acceptors (Lipinski definition) is 12. The Balaban J connectivity index is 0.00000648. The van der Waals surface area contributed by atoms with Crippen molar-refractivity contribution in [3.05, 3.63) is 21.7 Å². The number of anilines is 4. The lowest BCUT2D eigenvalue weighted by atomic mass is 10.2. The minimum Gasteiger partial charge on any atom is -0.382 e. The summed E-state index contributed by atoms with van der Waals surface area (Å²) in [7, 11) is 0. The van der Waals surface area contributed by atoms with Crippen molar-refractivity contribution in [2.75, 3.05) is 36.0 Å². The zero-order chi connectivity index (χ0) is 26.1. The van der Waals surface area contributed by atoms with Crippen LogP contribution in [0.3, 0.4) is 0 Å². The van der Waals surface area contributed by atoms with E-state index in [0.29, 0.717) is 32.4 Å². The maximum absolute atomic E-state index is 12.2. The highest BCUT2D eigenvalue weighted by atomic mass is 79.9. The van der Waals surface area contributed by atoms with E-state index >= 15 is 0 Å². The number of nitrogens with zero attached hydrogens (tertiary/aromatic N) is 6. The molecule has 0 saturated heterocycles. The SMILES string of the molecule is Br.Br.NC(=NCCCCCN=C(N)NC(=O)c1nc(Cl)c(N)nc1N)NC(=O)c1nc(Cl)c(N)nc1N. The van der Waals surface area contributed by atoms with Gasteiger partial charge < -0.3 is 34.4 Å². The lowest BCUT2D eigenvalue weighted by Crippen LogP contribution is -2.38. The summed E-state index contributed by atoms with van der Waals surface area (Å²) in [6.07, 6.45) is 2.00. The fourth-order valence-corrected chi connectivity index (χ4v) is 2.70. The average Bonchev–Trinajstić information content (AvgIpc) is 2.77. The lowest BCUT2D eigenvalue weighted by Gasteiger charge is -2.07. The van der Waals surface area contributed by atoms with Gasteiger partial charge in [0.15, 0.2) is 56.9 Å². The van der Waals surface area contributed by atoms with Gasteiger partial charge in [0.05, 0.1) is 0 Å². The summed E-state index contributed by atoms with van der Waals surface area (Å²) in [5.41, 5.74) is 33.1. The molecule has 0 aromatic carbocycles. The summed E-state index contributed by atoms with van der Waals surface area (Å²) in [5.74, 6) is -2.27. The van der Waals surface area contributed by atoms with Gasteiger partial charge in [-0.1, -0.05) is 23.2 Å². The van der Waals surface area contributed by atoms with Crippen LogP contribution in [0.4, 0.5) is 23.3 Å². The number of unbranched alkanes of at least 4 members (excludes halogenated alkanes) is 2. The number of carbonyl (C=O) groups excluding carboxylic acids is 2. The van der Waals surface area contributed by atoms with Crippen LogP contribution >= 0.6 is 57.2 Å². The van der Waals surface area contributed by atoms with Gasteiger partial charge in [-0.15, -0.1) is 34.0 Å². The van der Waals surface area contributed by atoms with Crippen molar-refractivity contribution < 1.29 is 9.59 Å². The van der Waals surface area contributed by atoms with E-state index in [1.165, 1.54) is 0 Å². The van der Waals surface area contributed by atoms with Crippen LogP contribution in [0.1, 0.15) is 40.2 Å². The van der Waals surface area contributed by atoms with Crippen molar-refractivity contribution in [3.8, 4) is 0 Å². The van der Waals surface area contributed by atoms with Crippen LogP contribution in [0.2, 0.25) is 10.3 Å². The summed E-state index contributed by atoms with van der Waals surface area (Å²) >= 11 is 11.5. The minimum atomic E-state index is -0.723. The average molecular weight is 689 g/mol. The van der Waals surface area contributed by atoms with Gasteiger partial charge in [-0.25, -0.2) is 19.9 Å². The second-order valence-electron chi connectivity index (χ2n) is 6.77. The van der Waals surface area contributed by atoms with Gasteiger partial charge in [0.2, 0.25) is 0 Å². The number of aromatic nitrogens is 4. The van der Waals surface area contributed by atoms with E-state index in [1.807, 2.05) is 0 Å². The molecule has 0 spiro atoms. The quantitative estimate of drug-likeness (QED) is 0.103. The van der Waals surface area contributed by atoms with Gasteiger partial charge in [-0.3, -0.25) is 30.2 Å². The first-order valence-corrected chi connectivity index (χ1v) is 10.6. The molecule has 2 aromatic rings. The Morgan fingerprint density at radius 3 is 1.35 bits per heavy atom. The third-order valence-corrected chi connectivity index (χ3v) is 4.66. The molecule has 2 heterocycles. The molecule has 0 fully saturated rings. The first-order valence-electron chi connectivity index (χ1n) is 9.89. The molecule has 20 heteroatoms. The largest absolute Gasteiger partial charge is 0.382 e. The molecule has 0 radical (unpaired) electrons. The highest BCUT2D eigenvalue weighted by molar-refractivity contribution is 8.93. The topological polar surface area (TPSA) is 291 Å². The number of nitrogens with one attached hydrogen (secondary N) is 2. The Hall–Kier alpha value is -3.22. The van der Waals surface area contributed by atoms with E-state index in [9.17, 15) is 9.59 Å². The molecule has 2 rings (SSSR count). The van der Waals surface area contributed by atoms with Crippen LogP contribution < -0.4 is 45.0 Å². The molecular weight excluding hydrogens is 663 g/mol. The van der Waals surface area contributed by atoms with E-state index in [4.69, 9.17) is 57.6 Å². The fraction of sp³-hybridized carbons (Fsp3) is 0.294. The molecule has 2 amide bonds. The highest BCUT2D eigenvalue weighted by Crippen LogP contribution is 2.18. The number of nitrogens with two attached hydrogens (primary N) is 6. The normalized spacial score (nSPS) is 11.2. The van der Waals surface area contributed by atoms with Crippen LogP contribution in [-0.2, 0) is 0 Å². The Bertz CT molecular complexity index is 1090. The van der Waals surface area contributed by atoms with Crippen LogP contribution in [-0.4, -0.2) is 56.8 Å². The van der Waals surface area contributed by atoms with E-state index in [2.05, 4.69) is 40.6 Å². The maximum atomic E-state index is 12.2. The molecule has 37 heavy (non-hydrogen) atoms. The molecule has 0 aliphatic rings. The Morgan fingerprint density at radius 2 is 1.00 bits per heavy atom. The van der Waals surface area contributed by atoms with E-state index < -0.39 is 11.8 Å². The van der Waals surface area contributed by atoms with Crippen molar-refractivity contribution in [2.24, 2.45) is 21.5 Å². The minimum absolute atomic E-state index is 0. The molecule has 0 unspecified atom stereocenters. The van der Waals surface area contributed by atoms with Crippen LogP contribution in [0.25, 0.3) is 0 Å². The van der Waals surface area contributed by atoms with Gasteiger partial charge >= 0.3 is 0 Å². The summed E-state index contributed by atoms with van der Waals surface area (Å²) in [6.45, 7) is 0.670. The number of carbonyl (C=O) groups is 2. The maximum Gasteiger partial charge on any atom is 0.280 e. The third kappa shape index (κ3) is 10.3. The molecular formula is C17H26Br2Cl2N14O2. The number of hydrogen-bond donors (Lipinski definition) is 8. The number of amides is 2. The fourth-order valence-electron chi connectivity index (χ4n) is 2.45. The van der Waals surface area contributed by atoms with Crippen LogP contribution in [0, 0.1) is 0 Å². The van der Waals surface area contributed by atoms with Crippen LogP contribution in [0.5, 0.6) is 0 Å². The van der Waals surface area contributed by atoms with Gasteiger partial charge in [-0.05, 0) is 19.3 Å². The molecule has 0 aliphatic carbocycles. The van der Waals surface area contributed by atoms with Crippen molar-refractivity contribution in [1.29, 1.82) is 0 Å². The predicted molar refractivity (Wildman–Crippen MR) is 154 cm³/mol. The van der Waals surface area contributed by atoms with E-state index in [0.717, 1.165) is 0 Å². The Kier molecular flexibility index (Phi) is 14.4. The first kappa shape index (κ1) is 33.8. The molecule has 0 aliphatic heterocycles. The summed E-state index contributed by atoms with van der Waals surface area (Å²) in [6, 6.07) is 0. The van der Waals surface area contributed by atoms with E-state index in [1.54, 1.807) is 0 Å². The number of guanidine groups is 2. The molecule has 0 bridgehead atoms. The van der Waals surface area contributed by atoms with Gasteiger partial charge in [0, 0.05) is 13.1 Å². The summed E-state index contributed by atoms with van der Waals surface area (Å²) in [5, 5.41) is 4.36. The van der Waals surface area contributed by atoms with Crippen LogP contribution in [0.15, 0.2) is 9.98 Å². The van der Waals surface area contributed by atoms with Crippen molar-refractivity contribution in [1.82, 2.24) is 30.6 Å². The second-order valence-corrected chi connectivity index (χ2v) is 7.49. The zero-order valence-corrected chi connectivity index (χ0v) is 24.0. The smallest absolute Gasteiger partial charge is 0.280 e. The van der Waals surface area contributed by atoms with Crippen molar-refractivity contribution >= 4 is 104 Å². The number of nitrogen functional groups attached to an aromatic ring is 4. The predicted octanol–water partition coefficient (Wildman–Crippen LogP) is 0.0175. The summed E-state index contributed by atoms with van der Waals surface area (Å²) < 4.78 is 0. The van der Waals surface area contributed by atoms with Crippen molar-refractivity contribution in [2.45, 2.75) is 19.3 Å². The molecule has 204 valence electrons. The molecule has 14 N–H and O–H groups in total. The molecule has 16 nitrogen and oxygen atoms in total. The number of rotatable bonds is 8. The van der Waals surface area contributed by atoms with Gasteiger partial charge in [-0.2, -0.15) is 0 Å². The highest BCUT2D eigenvalue weighted by Gasteiger charge is 2.17. The molecule has 0 atom stereocenters. The molecule has 0 saturated carbocycles. The second kappa shape index (κ2) is 15.8.